The molecular formula is C8H5BrN2OS. The zero-order valence-electron chi connectivity index (χ0n) is 6.53. The predicted octanol–water partition coefficient (Wildman–Crippen LogP) is 2.27. The van der Waals surface area contributed by atoms with Gasteiger partial charge in [-0.2, -0.15) is 0 Å². The normalized spacial score (nSPS) is 10.5. The number of fused-ring (bicyclic) bond motifs is 1. The number of nitrogens with zero attached hydrogens (tertiary/aromatic N) is 2. The van der Waals surface area contributed by atoms with Crippen molar-refractivity contribution in [1.29, 1.82) is 0 Å². The molecule has 66 valence electrons. The van der Waals surface area contributed by atoms with Gasteiger partial charge in [-0.1, -0.05) is 20.4 Å². The molecule has 5 heteroatoms. The fourth-order valence-electron chi connectivity index (χ4n) is 1.03. The van der Waals surface area contributed by atoms with Crippen LogP contribution in [0.3, 0.4) is 0 Å². The highest BCUT2D eigenvalue weighted by molar-refractivity contribution is 9.09. The highest BCUT2D eigenvalue weighted by atomic mass is 79.9. The summed E-state index contributed by atoms with van der Waals surface area (Å²) in [6, 6.07) is 5.43. The van der Waals surface area contributed by atoms with Crippen LogP contribution in [0.4, 0.5) is 0 Å². The van der Waals surface area contributed by atoms with E-state index in [4.69, 9.17) is 0 Å². The molecule has 0 radical (unpaired) electrons. The third kappa shape index (κ3) is 1.62. The van der Waals surface area contributed by atoms with Crippen LogP contribution in [0.1, 0.15) is 10.4 Å². The van der Waals surface area contributed by atoms with Crippen molar-refractivity contribution in [1.82, 2.24) is 9.59 Å². The van der Waals surface area contributed by atoms with Crippen LogP contribution in [-0.4, -0.2) is 20.7 Å². The minimum absolute atomic E-state index is 0.0647. The van der Waals surface area contributed by atoms with Gasteiger partial charge in [0.25, 0.3) is 0 Å². The lowest BCUT2D eigenvalue weighted by molar-refractivity contribution is 0.102. The Morgan fingerprint density at radius 1 is 1.54 bits per heavy atom. The number of ketones is 1. The van der Waals surface area contributed by atoms with E-state index in [9.17, 15) is 4.79 Å². The molecule has 1 aromatic heterocycles. The summed E-state index contributed by atoms with van der Waals surface area (Å²) in [4.78, 5) is 11.3. The zero-order chi connectivity index (χ0) is 9.26. The minimum Gasteiger partial charge on any atom is -0.293 e. The van der Waals surface area contributed by atoms with Crippen LogP contribution in [0.15, 0.2) is 18.2 Å². The van der Waals surface area contributed by atoms with E-state index in [1.54, 1.807) is 12.1 Å². The standard InChI is InChI=1S/C8H5BrN2OS/c9-4-7(12)5-1-2-8-6(3-5)10-11-13-8/h1-3H,4H2. The monoisotopic (exact) mass is 256 g/mol. The first-order valence-corrected chi connectivity index (χ1v) is 5.52. The summed E-state index contributed by atoms with van der Waals surface area (Å²) in [6.45, 7) is 0. The van der Waals surface area contributed by atoms with Crippen molar-refractivity contribution in [3.8, 4) is 0 Å². The van der Waals surface area contributed by atoms with Crippen molar-refractivity contribution in [3.05, 3.63) is 23.8 Å². The maximum atomic E-state index is 11.3. The average Bonchev–Trinajstić information content (AvgIpc) is 2.63. The van der Waals surface area contributed by atoms with Gasteiger partial charge in [0.2, 0.25) is 0 Å². The molecule has 0 aliphatic carbocycles. The zero-order valence-corrected chi connectivity index (χ0v) is 8.93. The third-order valence-electron chi connectivity index (χ3n) is 1.69. The molecule has 0 unspecified atom stereocenters. The molecule has 0 atom stereocenters. The van der Waals surface area contributed by atoms with Gasteiger partial charge in [-0.15, -0.1) is 5.10 Å². The number of hydrogen-bond acceptors (Lipinski definition) is 4. The number of rotatable bonds is 2. The van der Waals surface area contributed by atoms with E-state index in [0.29, 0.717) is 10.9 Å². The summed E-state index contributed by atoms with van der Waals surface area (Å²) in [7, 11) is 0. The molecule has 0 saturated heterocycles. The van der Waals surface area contributed by atoms with Crippen molar-refractivity contribution >= 4 is 43.5 Å². The van der Waals surface area contributed by atoms with E-state index < -0.39 is 0 Å². The van der Waals surface area contributed by atoms with Gasteiger partial charge in [0.15, 0.2) is 5.78 Å². The number of hydrogen-bond donors (Lipinski definition) is 0. The van der Waals surface area contributed by atoms with Crippen LogP contribution < -0.4 is 0 Å². The van der Waals surface area contributed by atoms with Gasteiger partial charge in [-0.3, -0.25) is 4.79 Å². The van der Waals surface area contributed by atoms with Gasteiger partial charge in [-0.25, -0.2) is 0 Å². The molecule has 0 aliphatic rings. The van der Waals surface area contributed by atoms with Gasteiger partial charge in [-0.05, 0) is 29.7 Å². The maximum Gasteiger partial charge on any atom is 0.173 e. The van der Waals surface area contributed by atoms with Crippen LogP contribution in [0.2, 0.25) is 0 Å². The Hall–Kier alpha value is -0.810. The summed E-state index contributed by atoms with van der Waals surface area (Å²) < 4.78 is 4.80. The predicted molar refractivity (Wildman–Crippen MR) is 55.5 cm³/mol. The highest BCUT2D eigenvalue weighted by Gasteiger charge is 2.05. The first-order valence-electron chi connectivity index (χ1n) is 3.62. The Balaban J connectivity index is 2.54. The molecule has 0 amide bonds. The molecule has 0 aliphatic heterocycles. The Kier molecular flexibility index (Phi) is 2.37. The molecule has 0 saturated carbocycles. The minimum atomic E-state index is 0.0647. The van der Waals surface area contributed by atoms with Crippen LogP contribution >= 0.6 is 27.5 Å². The number of carbonyl (C=O) groups excluding carboxylic acids is 1. The van der Waals surface area contributed by atoms with Crippen molar-refractivity contribution in [2.45, 2.75) is 0 Å². The largest absolute Gasteiger partial charge is 0.293 e. The first-order chi connectivity index (χ1) is 6.31. The van der Waals surface area contributed by atoms with Crippen LogP contribution in [0.25, 0.3) is 10.2 Å². The second kappa shape index (κ2) is 3.51. The molecule has 2 aromatic rings. The SMILES string of the molecule is O=C(CBr)c1ccc2snnc2c1. The van der Waals surface area contributed by atoms with Crippen LogP contribution in [0.5, 0.6) is 0 Å². The smallest absolute Gasteiger partial charge is 0.173 e. The molecule has 3 nitrogen and oxygen atoms in total. The van der Waals surface area contributed by atoms with E-state index in [-0.39, 0.29) is 5.78 Å². The molecule has 0 spiro atoms. The fraction of sp³-hybridized carbons (Fsp3) is 0.125. The first kappa shape index (κ1) is 8.77. The number of benzene rings is 1. The fourth-order valence-corrected chi connectivity index (χ4v) is 1.89. The molecule has 0 N–H and O–H groups in total. The lowest BCUT2D eigenvalue weighted by Crippen LogP contribution is -1.98. The summed E-state index contributed by atoms with van der Waals surface area (Å²) >= 11 is 4.45. The van der Waals surface area contributed by atoms with Gasteiger partial charge in [0.05, 0.1) is 10.0 Å². The van der Waals surface area contributed by atoms with E-state index in [1.807, 2.05) is 6.07 Å². The highest BCUT2D eigenvalue weighted by Crippen LogP contribution is 2.17. The molecule has 0 bridgehead atoms. The second-order valence-corrected chi connectivity index (χ2v) is 3.86. The lowest BCUT2D eigenvalue weighted by atomic mass is 10.1. The second-order valence-electron chi connectivity index (χ2n) is 2.51. The Morgan fingerprint density at radius 2 is 2.38 bits per heavy atom. The number of aromatic nitrogens is 2. The Labute approximate surface area is 87.1 Å². The number of alkyl halides is 1. The summed E-state index contributed by atoms with van der Waals surface area (Å²) in [5, 5.41) is 4.24. The van der Waals surface area contributed by atoms with Gasteiger partial charge in [0, 0.05) is 5.56 Å². The van der Waals surface area contributed by atoms with Crippen molar-refractivity contribution < 1.29 is 4.79 Å². The van der Waals surface area contributed by atoms with E-state index in [1.165, 1.54) is 11.5 Å². The van der Waals surface area contributed by atoms with Crippen molar-refractivity contribution in [2.24, 2.45) is 0 Å². The molecule has 13 heavy (non-hydrogen) atoms. The van der Waals surface area contributed by atoms with Gasteiger partial charge in [0.1, 0.15) is 5.52 Å². The molecule has 1 heterocycles. The molecule has 1 aromatic carbocycles. The molecular weight excluding hydrogens is 252 g/mol. The number of carbonyl (C=O) groups is 1. The van der Waals surface area contributed by atoms with E-state index in [2.05, 4.69) is 25.5 Å². The summed E-state index contributed by atoms with van der Waals surface area (Å²) in [5.41, 5.74) is 1.47. The van der Waals surface area contributed by atoms with Gasteiger partial charge < -0.3 is 0 Å². The lowest BCUT2D eigenvalue weighted by Gasteiger charge is -1.94. The van der Waals surface area contributed by atoms with E-state index >= 15 is 0 Å². The number of halogens is 1. The Bertz CT molecular complexity index is 454. The third-order valence-corrected chi connectivity index (χ3v) is 2.90. The van der Waals surface area contributed by atoms with Crippen LogP contribution in [0, 0.1) is 0 Å². The molecule has 2 rings (SSSR count). The number of Topliss-reactive ketones (excluding diaryl/α,β-unsaturated/α-hetero) is 1. The topological polar surface area (TPSA) is 42.9 Å². The quantitative estimate of drug-likeness (QED) is 0.612. The average molecular weight is 257 g/mol. The van der Waals surface area contributed by atoms with Crippen LogP contribution in [-0.2, 0) is 0 Å². The van der Waals surface area contributed by atoms with Gasteiger partial charge >= 0.3 is 0 Å². The maximum absolute atomic E-state index is 11.3. The Morgan fingerprint density at radius 3 is 3.15 bits per heavy atom. The van der Waals surface area contributed by atoms with E-state index in [0.717, 1.165) is 10.2 Å². The summed E-state index contributed by atoms with van der Waals surface area (Å²) in [5.74, 6) is 0.0647. The van der Waals surface area contributed by atoms with Crippen molar-refractivity contribution in [3.63, 3.8) is 0 Å². The summed E-state index contributed by atoms with van der Waals surface area (Å²) in [6.07, 6.45) is 0. The van der Waals surface area contributed by atoms with Crippen molar-refractivity contribution in [2.75, 3.05) is 5.33 Å². The molecule has 0 fully saturated rings.